The average Bonchev–Trinajstić information content (AvgIpc) is 2.55. The first kappa shape index (κ1) is 17.3. The number of phenols is 1. The van der Waals surface area contributed by atoms with E-state index in [1.54, 1.807) is 18.2 Å². The van der Waals surface area contributed by atoms with Crippen molar-refractivity contribution in [3.63, 3.8) is 0 Å². The maximum atomic E-state index is 12.6. The first-order chi connectivity index (χ1) is 11.0. The number of aromatic hydroxyl groups is 1. The van der Waals surface area contributed by atoms with Crippen molar-refractivity contribution in [3.05, 3.63) is 65.2 Å². The molecular formula is C21H26O2. The van der Waals surface area contributed by atoms with E-state index in [-0.39, 0.29) is 16.9 Å². The van der Waals surface area contributed by atoms with E-state index in [0.717, 1.165) is 12.0 Å². The van der Waals surface area contributed by atoms with Gasteiger partial charge in [-0.2, -0.15) is 0 Å². The minimum absolute atomic E-state index is 0.00537. The Morgan fingerprint density at radius 3 is 2.39 bits per heavy atom. The van der Waals surface area contributed by atoms with Crippen molar-refractivity contribution in [2.75, 3.05) is 0 Å². The molecule has 23 heavy (non-hydrogen) atoms. The predicted octanol–water partition coefficient (Wildman–Crippen LogP) is 5.48. The topological polar surface area (TPSA) is 37.3 Å². The highest BCUT2D eigenvalue weighted by atomic mass is 16.3. The summed E-state index contributed by atoms with van der Waals surface area (Å²) in [6.07, 6.45) is 4.66. The monoisotopic (exact) mass is 310 g/mol. The molecule has 0 unspecified atom stereocenters. The molecular weight excluding hydrogens is 284 g/mol. The Labute approximate surface area is 139 Å². The molecule has 0 aliphatic rings. The molecule has 0 bridgehead atoms. The Hall–Kier alpha value is -2.09. The van der Waals surface area contributed by atoms with Crippen LogP contribution in [0.4, 0.5) is 0 Å². The maximum Gasteiger partial charge on any atom is 0.196 e. The smallest absolute Gasteiger partial charge is 0.196 e. The molecule has 1 N–H and O–H groups in total. The summed E-state index contributed by atoms with van der Waals surface area (Å²) in [5.74, 6) is -0.0822. The molecule has 2 rings (SSSR count). The van der Waals surface area contributed by atoms with Crippen molar-refractivity contribution < 1.29 is 9.90 Å². The molecule has 0 saturated heterocycles. The number of hydrogen-bond donors (Lipinski definition) is 1. The third-order valence-electron chi connectivity index (χ3n) is 4.46. The van der Waals surface area contributed by atoms with Gasteiger partial charge in [0.2, 0.25) is 0 Å². The van der Waals surface area contributed by atoms with Gasteiger partial charge in [-0.05, 0) is 29.5 Å². The van der Waals surface area contributed by atoms with Crippen molar-refractivity contribution >= 4 is 5.78 Å². The van der Waals surface area contributed by atoms with Crippen LogP contribution in [0.15, 0.2) is 48.5 Å². The summed E-state index contributed by atoms with van der Waals surface area (Å²) in [4.78, 5) is 12.6. The van der Waals surface area contributed by atoms with Gasteiger partial charge in [-0.3, -0.25) is 4.79 Å². The fourth-order valence-electron chi connectivity index (χ4n) is 2.85. The predicted molar refractivity (Wildman–Crippen MR) is 95.1 cm³/mol. The summed E-state index contributed by atoms with van der Waals surface area (Å²) >= 11 is 0. The summed E-state index contributed by atoms with van der Waals surface area (Å²) in [5, 5.41) is 10.1. The third-order valence-corrected chi connectivity index (χ3v) is 4.46. The molecule has 2 aromatic rings. The molecule has 0 atom stereocenters. The number of hydrogen-bond acceptors (Lipinski definition) is 2. The zero-order chi connectivity index (χ0) is 16.9. The van der Waals surface area contributed by atoms with Gasteiger partial charge in [0.1, 0.15) is 5.75 Å². The van der Waals surface area contributed by atoms with E-state index in [9.17, 15) is 9.90 Å². The largest absolute Gasteiger partial charge is 0.507 e. The summed E-state index contributed by atoms with van der Waals surface area (Å²) in [6, 6.07) is 14.5. The summed E-state index contributed by atoms with van der Waals surface area (Å²) < 4.78 is 0. The lowest BCUT2D eigenvalue weighted by Crippen LogP contribution is -2.18. The molecule has 0 radical (unpaired) electrons. The Morgan fingerprint density at radius 1 is 1.04 bits per heavy atom. The fourth-order valence-corrected chi connectivity index (χ4v) is 2.85. The van der Waals surface area contributed by atoms with Gasteiger partial charge in [-0.25, -0.2) is 0 Å². The summed E-state index contributed by atoms with van der Waals surface area (Å²) in [5.41, 5.74) is 2.08. The number of rotatable bonds is 7. The molecule has 0 aromatic heterocycles. The van der Waals surface area contributed by atoms with Crippen LogP contribution in [0.25, 0.3) is 0 Å². The quantitative estimate of drug-likeness (QED) is 0.543. The Morgan fingerprint density at radius 2 is 1.74 bits per heavy atom. The minimum Gasteiger partial charge on any atom is -0.507 e. The number of carbonyl (C=O) groups excluding carboxylic acids is 1. The number of benzene rings is 2. The lowest BCUT2D eigenvalue weighted by Gasteiger charge is -2.26. The summed E-state index contributed by atoms with van der Waals surface area (Å²) in [7, 11) is 0. The number of ketones is 1. The Balaban J connectivity index is 2.30. The molecule has 122 valence electrons. The molecule has 0 amide bonds. The van der Waals surface area contributed by atoms with Gasteiger partial charge in [0.15, 0.2) is 5.78 Å². The molecule has 0 spiro atoms. The van der Waals surface area contributed by atoms with E-state index < -0.39 is 0 Å². The standard InChI is InChI=1S/C21H26O2/c1-4-5-9-14-21(2,3)17-12-13-19(22)18(15-17)20(23)16-10-7-6-8-11-16/h6-8,10-13,15,22H,4-5,9,14H2,1-3H3. The summed E-state index contributed by atoms with van der Waals surface area (Å²) in [6.45, 7) is 6.60. The van der Waals surface area contributed by atoms with Crippen molar-refractivity contribution in [1.29, 1.82) is 0 Å². The lowest BCUT2D eigenvalue weighted by molar-refractivity contribution is 0.103. The Kier molecular flexibility index (Phi) is 5.59. The van der Waals surface area contributed by atoms with Crippen molar-refractivity contribution in [2.24, 2.45) is 0 Å². The normalized spacial score (nSPS) is 11.4. The SMILES string of the molecule is CCCCCC(C)(C)c1ccc(O)c(C(=O)c2ccccc2)c1. The zero-order valence-electron chi connectivity index (χ0n) is 14.3. The van der Waals surface area contributed by atoms with Gasteiger partial charge in [0, 0.05) is 5.56 Å². The van der Waals surface area contributed by atoms with Gasteiger partial charge in [0.25, 0.3) is 0 Å². The van der Waals surface area contributed by atoms with Crippen LogP contribution in [0.2, 0.25) is 0 Å². The highest BCUT2D eigenvalue weighted by molar-refractivity contribution is 6.10. The van der Waals surface area contributed by atoms with Gasteiger partial charge >= 0.3 is 0 Å². The molecule has 0 fully saturated rings. The van der Waals surface area contributed by atoms with Crippen LogP contribution < -0.4 is 0 Å². The van der Waals surface area contributed by atoms with Crippen LogP contribution in [0.3, 0.4) is 0 Å². The maximum absolute atomic E-state index is 12.6. The number of carbonyl (C=O) groups is 1. The first-order valence-corrected chi connectivity index (χ1v) is 8.39. The second-order valence-corrected chi connectivity index (χ2v) is 6.77. The molecule has 0 heterocycles. The van der Waals surface area contributed by atoms with Gasteiger partial charge in [0.05, 0.1) is 5.56 Å². The van der Waals surface area contributed by atoms with Gasteiger partial charge in [-0.15, -0.1) is 0 Å². The second kappa shape index (κ2) is 7.45. The van der Waals surface area contributed by atoms with Crippen LogP contribution in [-0.2, 0) is 5.41 Å². The van der Waals surface area contributed by atoms with Crippen molar-refractivity contribution in [1.82, 2.24) is 0 Å². The van der Waals surface area contributed by atoms with Crippen molar-refractivity contribution in [3.8, 4) is 5.75 Å². The average molecular weight is 310 g/mol. The van der Waals surface area contributed by atoms with Crippen LogP contribution in [-0.4, -0.2) is 10.9 Å². The molecule has 0 saturated carbocycles. The van der Waals surface area contributed by atoms with Crippen LogP contribution in [0.5, 0.6) is 5.75 Å². The molecule has 0 aliphatic heterocycles. The van der Waals surface area contributed by atoms with E-state index in [1.807, 2.05) is 30.3 Å². The van der Waals surface area contributed by atoms with E-state index in [1.165, 1.54) is 19.3 Å². The number of phenolic OH excluding ortho intramolecular Hbond substituents is 1. The zero-order valence-corrected chi connectivity index (χ0v) is 14.3. The molecule has 2 heteroatoms. The van der Waals surface area contributed by atoms with E-state index in [4.69, 9.17) is 0 Å². The van der Waals surface area contributed by atoms with Crippen molar-refractivity contribution in [2.45, 2.75) is 51.9 Å². The lowest BCUT2D eigenvalue weighted by atomic mass is 9.79. The fraction of sp³-hybridized carbons (Fsp3) is 0.381. The first-order valence-electron chi connectivity index (χ1n) is 8.39. The Bertz CT molecular complexity index is 657. The van der Waals surface area contributed by atoms with Crippen LogP contribution in [0.1, 0.15) is 67.9 Å². The van der Waals surface area contributed by atoms with E-state index >= 15 is 0 Å². The minimum atomic E-state index is -0.130. The molecule has 2 nitrogen and oxygen atoms in total. The van der Waals surface area contributed by atoms with Crippen LogP contribution >= 0.6 is 0 Å². The molecule has 0 aliphatic carbocycles. The van der Waals surface area contributed by atoms with Crippen LogP contribution in [0, 0.1) is 0 Å². The second-order valence-electron chi connectivity index (χ2n) is 6.77. The highest BCUT2D eigenvalue weighted by Crippen LogP contribution is 2.33. The molecule has 2 aromatic carbocycles. The van der Waals surface area contributed by atoms with E-state index in [0.29, 0.717) is 11.1 Å². The third kappa shape index (κ3) is 4.22. The number of unbranched alkanes of at least 4 members (excludes halogenated alkanes) is 2. The highest BCUT2D eigenvalue weighted by Gasteiger charge is 2.23. The van der Waals surface area contributed by atoms with Gasteiger partial charge in [-0.1, -0.05) is 76.4 Å². The van der Waals surface area contributed by atoms with Gasteiger partial charge < -0.3 is 5.11 Å². The van der Waals surface area contributed by atoms with E-state index in [2.05, 4.69) is 20.8 Å².